The fourth-order valence-corrected chi connectivity index (χ4v) is 3.93. The zero-order valence-electron chi connectivity index (χ0n) is 13.7. The summed E-state index contributed by atoms with van der Waals surface area (Å²) in [6.07, 6.45) is 4.91. The molecule has 2 aliphatic heterocycles. The minimum Gasteiger partial charge on any atom is -0.398 e. The van der Waals surface area contributed by atoms with Crippen molar-refractivity contribution in [1.82, 2.24) is 9.80 Å². The number of likely N-dealkylation sites (tertiary alicyclic amines) is 2. The smallest absolute Gasteiger partial charge is 0.255 e. The highest BCUT2D eigenvalue weighted by Gasteiger charge is 2.26. The summed E-state index contributed by atoms with van der Waals surface area (Å²) < 4.78 is 0.908. The molecule has 1 aromatic carbocycles. The SMILES string of the molecule is Cl.Cl.Nc1cc(Br)ccc1C(=O)N1CCC(CN2CCCC2)CC1. The van der Waals surface area contributed by atoms with Crippen molar-refractivity contribution in [1.29, 1.82) is 0 Å². The summed E-state index contributed by atoms with van der Waals surface area (Å²) >= 11 is 3.38. The van der Waals surface area contributed by atoms with E-state index in [1.807, 2.05) is 17.0 Å². The van der Waals surface area contributed by atoms with Gasteiger partial charge in [0.15, 0.2) is 0 Å². The molecule has 2 N–H and O–H groups in total. The average Bonchev–Trinajstić information content (AvgIpc) is 3.00. The maximum Gasteiger partial charge on any atom is 0.255 e. The van der Waals surface area contributed by atoms with E-state index in [0.29, 0.717) is 11.3 Å². The Morgan fingerprint density at radius 3 is 2.33 bits per heavy atom. The van der Waals surface area contributed by atoms with Crippen molar-refractivity contribution >= 4 is 52.3 Å². The van der Waals surface area contributed by atoms with Crippen LogP contribution < -0.4 is 5.73 Å². The summed E-state index contributed by atoms with van der Waals surface area (Å²) in [7, 11) is 0. The standard InChI is InChI=1S/C17H24BrN3O.2ClH/c18-14-3-4-15(16(19)11-14)17(22)21-9-5-13(6-10-21)12-20-7-1-2-8-20;;/h3-4,11,13H,1-2,5-10,12,19H2;2*1H. The number of carbonyl (C=O) groups is 1. The van der Waals surface area contributed by atoms with Gasteiger partial charge < -0.3 is 15.5 Å². The fraction of sp³-hybridized carbons (Fsp3) is 0.588. The summed E-state index contributed by atoms with van der Waals surface area (Å²) in [5, 5.41) is 0. The zero-order chi connectivity index (χ0) is 15.5. The quantitative estimate of drug-likeness (QED) is 0.729. The van der Waals surface area contributed by atoms with Gasteiger partial charge in [0.05, 0.1) is 5.56 Å². The number of hydrogen-bond acceptors (Lipinski definition) is 3. The van der Waals surface area contributed by atoms with Crippen LogP contribution in [-0.4, -0.2) is 48.4 Å². The van der Waals surface area contributed by atoms with E-state index in [2.05, 4.69) is 20.8 Å². The maximum absolute atomic E-state index is 12.6. The number of hydrogen-bond donors (Lipinski definition) is 1. The Morgan fingerprint density at radius 2 is 1.75 bits per heavy atom. The Balaban J connectivity index is 0.00000144. The third-order valence-electron chi connectivity index (χ3n) is 4.86. The molecule has 0 atom stereocenters. The molecule has 0 spiro atoms. The Labute approximate surface area is 165 Å². The molecule has 2 aliphatic rings. The first-order chi connectivity index (χ1) is 10.6. The molecule has 0 saturated carbocycles. The Hall–Kier alpha value is -0.490. The topological polar surface area (TPSA) is 49.6 Å². The van der Waals surface area contributed by atoms with Gasteiger partial charge in [0.25, 0.3) is 5.91 Å². The molecule has 3 rings (SSSR count). The molecule has 4 nitrogen and oxygen atoms in total. The predicted octanol–water partition coefficient (Wildman–Crippen LogP) is 3.82. The van der Waals surface area contributed by atoms with Crippen LogP contribution in [0.3, 0.4) is 0 Å². The molecule has 2 saturated heterocycles. The Bertz CT molecular complexity index is 545. The lowest BCUT2D eigenvalue weighted by molar-refractivity contribution is 0.0674. The molecular formula is C17H26BrCl2N3O. The molecule has 24 heavy (non-hydrogen) atoms. The van der Waals surface area contributed by atoms with Crippen LogP contribution in [0.15, 0.2) is 22.7 Å². The van der Waals surface area contributed by atoms with Crippen LogP contribution in [0.5, 0.6) is 0 Å². The molecule has 0 unspecified atom stereocenters. The van der Waals surface area contributed by atoms with Crippen LogP contribution in [0.1, 0.15) is 36.0 Å². The number of piperidine rings is 1. The van der Waals surface area contributed by atoms with E-state index in [-0.39, 0.29) is 30.7 Å². The third kappa shape index (κ3) is 5.25. The summed E-state index contributed by atoms with van der Waals surface area (Å²) in [5.74, 6) is 0.814. The molecule has 0 bridgehead atoms. The van der Waals surface area contributed by atoms with Crippen LogP contribution in [0.25, 0.3) is 0 Å². The number of halogens is 3. The van der Waals surface area contributed by atoms with E-state index in [0.717, 1.165) is 36.3 Å². The van der Waals surface area contributed by atoms with Crippen LogP contribution >= 0.6 is 40.7 Å². The molecule has 7 heteroatoms. The van der Waals surface area contributed by atoms with Crippen molar-refractivity contribution in [2.24, 2.45) is 5.92 Å². The number of anilines is 1. The van der Waals surface area contributed by atoms with Crippen molar-refractivity contribution in [3.8, 4) is 0 Å². The first-order valence-corrected chi connectivity index (χ1v) is 8.99. The van der Waals surface area contributed by atoms with Gasteiger partial charge in [-0.25, -0.2) is 0 Å². The monoisotopic (exact) mass is 437 g/mol. The van der Waals surface area contributed by atoms with Gasteiger partial charge in [-0.1, -0.05) is 15.9 Å². The van der Waals surface area contributed by atoms with Gasteiger partial charge in [-0.05, 0) is 62.9 Å². The lowest BCUT2D eigenvalue weighted by Gasteiger charge is -2.34. The number of nitrogens with two attached hydrogens (primary N) is 1. The molecule has 2 heterocycles. The van der Waals surface area contributed by atoms with Crippen LogP contribution in [0, 0.1) is 5.92 Å². The summed E-state index contributed by atoms with van der Waals surface area (Å²) in [4.78, 5) is 17.1. The lowest BCUT2D eigenvalue weighted by Crippen LogP contribution is -2.41. The fourth-order valence-electron chi connectivity index (χ4n) is 3.55. The van der Waals surface area contributed by atoms with Gasteiger partial charge in [0.1, 0.15) is 0 Å². The number of amides is 1. The minimum absolute atomic E-state index is 0. The van der Waals surface area contributed by atoms with Gasteiger partial charge in [0, 0.05) is 29.8 Å². The molecular weight excluding hydrogens is 413 g/mol. The van der Waals surface area contributed by atoms with Gasteiger partial charge in [-0.15, -0.1) is 24.8 Å². The molecule has 0 aliphatic carbocycles. The van der Waals surface area contributed by atoms with Gasteiger partial charge in [-0.2, -0.15) is 0 Å². The van der Waals surface area contributed by atoms with Crippen LogP contribution in [0.2, 0.25) is 0 Å². The first kappa shape index (κ1) is 21.6. The summed E-state index contributed by atoms with van der Waals surface area (Å²) in [6, 6.07) is 5.50. The molecule has 0 aromatic heterocycles. The zero-order valence-corrected chi connectivity index (χ0v) is 17.0. The number of rotatable bonds is 3. The molecule has 136 valence electrons. The van der Waals surface area contributed by atoms with Crippen molar-refractivity contribution in [3.63, 3.8) is 0 Å². The highest BCUT2D eigenvalue weighted by molar-refractivity contribution is 9.10. The second-order valence-electron chi connectivity index (χ2n) is 6.47. The highest BCUT2D eigenvalue weighted by atomic mass is 79.9. The summed E-state index contributed by atoms with van der Waals surface area (Å²) in [6.45, 7) is 5.44. The van der Waals surface area contributed by atoms with E-state index in [1.54, 1.807) is 6.07 Å². The Morgan fingerprint density at radius 1 is 1.12 bits per heavy atom. The number of nitrogen functional groups attached to an aromatic ring is 1. The molecule has 1 aromatic rings. The van der Waals surface area contributed by atoms with Gasteiger partial charge >= 0.3 is 0 Å². The van der Waals surface area contributed by atoms with E-state index in [9.17, 15) is 4.79 Å². The van der Waals surface area contributed by atoms with Crippen molar-refractivity contribution in [3.05, 3.63) is 28.2 Å². The lowest BCUT2D eigenvalue weighted by atomic mass is 9.95. The summed E-state index contributed by atoms with van der Waals surface area (Å²) in [5.41, 5.74) is 7.16. The molecule has 2 fully saturated rings. The minimum atomic E-state index is 0. The first-order valence-electron chi connectivity index (χ1n) is 8.20. The van der Waals surface area contributed by atoms with Crippen molar-refractivity contribution in [2.75, 3.05) is 38.5 Å². The Kier molecular flexibility index (Phi) is 8.85. The number of benzene rings is 1. The predicted molar refractivity (Wildman–Crippen MR) is 107 cm³/mol. The average molecular weight is 439 g/mol. The second-order valence-corrected chi connectivity index (χ2v) is 7.39. The van der Waals surface area contributed by atoms with Crippen molar-refractivity contribution < 1.29 is 4.79 Å². The largest absolute Gasteiger partial charge is 0.398 e. The van der Waals surface area contributed by atoms with Gasteiger partial charge in [0.2, 0.25) is 0 Å². The number of carbonyl (C=O) groups excluding carboxylic acids is 1. The van der Waals surface area contributed by atoms with E-state index in [1.165, 1.54) is 32.5 Å². The van der Waals surface area contributed by atoms with Gasteiger partial charge in [-0.3, -0.25) is 4.79 Å². The van der Waals surface area contributed by atoms with E-state index < -0.39 is 0 Å². The molecule has 1 amide bonds. The molecule has 0 radical (unpaired) electrons. The van der Waals surface area contributed by atoms with Crippen LogP contribution in [-0.2, 0) is 0 Å². The second kappa shape index (κ2) is 9.85. The maximum atomic E-state index is 12.6. The van der Waals surface area contributed by atoms with E-state index >= 15 is 0 Å². The van der Waals surface area contributed by atoms with Crippen molar-refractivity contribution in [2.45, 2.75) is 25.7 Å². The normalized spacial score (nSPS) is 18.8. The van der Waals surface area contributed by atoms with Crippen LogP contribution in [0.4, 0.5) is 5.69 Å². The van der Waals surface area contributed by atoms with E-state index in [4.69, 9.17) is 5.73 Å². The third-order valence-corrected chi connectivity index (χ3v) is 5.35. The number of nitrogens with zero attached hydrogens (tertiary/aromatic N) is 2. The highest BCUT2D eigenvalue weighted by Crippen LogP contribution is 2.24.